The molecule has 0 aromatic heterocycles. The van der Waals surface area contributed by atoms with Crippen LogP contribution >= 0.6 is 0 Å². The lowest BCUT2D eigenvalue weighted by molar-refractivity contribution is -0.138. The number of hydrogen-bond donors (Lipinski definition) is 2. The molecule has 0 spiro atoms. The first-order valence-corrected chi connectivity index (χ1v) is 5.69. The number of hydrogen-bond acceptors (Lipinski definition) is 3. The van der Waals surface area contributed by atoms with Crippen LogP contribution in [-0.4, -0.2) is 31.3 Å². The molecule has 17 heavy (non-hydrogen) atoms. The highest BCUT2D eigenvalue weighted by molar-refractivity contribution is 5.76. The number of aliphatic carboxylic acids is 1. The lowest BCUT2D eigenvalue weighted by atomic mass is 9.97. The summed E-state index contributed by atoms with van der Waals surface area (Å²) in [6.07, 6.45) is 1.91. The second-order valence-corrected chi connectivity index (χ2v) is 3.96. The van der Waals surface area contributed by atoms with Crippen molar-refractivity contribution in [3.8, 4) is 0 Å². The van der Waals surface area contributed by atoms with Crippen LogP contribution in [0.3, 0.4) is 0 Å². The van der Waals surface area contributed by atoms with E-state index < -0.39 is 11.9 Å². The first kappa shape index (κ1) is 13.7. The molecule has 0 heterocycles. The minimum atomic E-state index is -0.875. The number of nitrogens with two attached hydrogens (primary N) is 1. The van der Waals surface area contributed by atoms with Crippen molar-refractivity contribution in [2.24, 2.45) is 5.73 Å². The average Bonchev–Trinajstić information content (AvgIpc) is 2.32. The Morgan fingerprint density at radius 2 is 2.06 bits per heavy atom. The molecule has 0 saturated heterocycles. The van der Waals surface area contributed by atoms with E-state index in [9.17, 15) is 4.79 Å². The molecule has 1 unspecified atom stereocenters. The molecule has 1 rings (SSSR count). The lowest BCUT2D eigenvalue weighted by Crippen LogP contribution is -2.21. The molecule has 1 aromatic carbocycles. The van der Waals surface area contributed by atoms with Crippen LogP contribution in [-0.2, 0) is 16.0 Å². The third kappa shape index (κ3) is 4.17. The molecule has 0 fully saturated rings. The summed E-state index contributed by atoms with van der Waals surface area (Å²) in [6.45, 7) is 0.862. The fourth-order valence-electron chi connectivity index (χ4n) is 1.72. The second kappa shape index (κ2) is 7.04. The molecule has 0 amide bonds. The van der Waals surface area contributed by atoms with E-state index in [1.165, 1.54) is 5.56 Å². The Labute approximate surface area is 101 Å². The van der Waals surface area contributed by atoms with Crippen LogP contribution < -0.4 is 5.73 Å². The Kier molecular flexibility index (Phi) is 5.66. The van der Waals surface area contributed by atoms with Crippen molar-refractivity contribution in [1.82, 2.24) is 0 Å². The van der Waals surface area contributed by atoms with Crippen molar-refractivity contribution >= 4 is 5.97 Å². The number of carboxylic acids is 1. The molecule has 3 N–H and O–H groups in total. The predicted octanol–water partition coefficient (Wildman–Crippen LogP) is 1.39. The maximum Gasteiger partial charge on any atom is 0.312 e. The molecule has 0 aliphatic carbocycles. The second-order valence-electron chi connectivity index (χ2n) is 3.96. The number of benzene rings is 1. The van der Waals surface area contributed by atoms with Gasteiger partial charge in [0.15, 0.2) is 0 Å². The van der Waals surface area contributed by atoms with Gasteiger partial charge in [0.05, 0.1) is 5.92 Å². The molecule has 1 aromatic rings. The SMILES string of the molecule is COCCCc1ccc(C(CN)C(=O)O)cc1. The highest BCUT2D eigenvalue weighted by Crippen LogP contribution is 2.16. The predicted molar refractivity (Wildman–Crippen MR) is 66.1 cm³/mol. The van der Waals surface area contributed by atoms with Crippen LogP contribution in [0.4, 0.5) is 0 Å². The standard InChI is InChI=1S/C13H19NO3/c1-17-8-2-3-10-4-6-11(7-5-10)12(9-14)13(15)16/h4-7,12H,2-3,8-9,14H2,1H3,(H,15,16). The largest absolute Gasteiger partial charge is 0.481 e. The fraction of sp³-hybridized carbons (Fsp3) is 0.462. The Morgan fingerprint density at radius 1 is 1.41 bits per heavy atom. The smallest absolute Gasteiger partial charge is 0.312 e. The summed E-state index contributed by atoms with van der Waals surface area (Å²) in [4.78, 5) is 10.9. The van der Waals surface area contributed by atoms with Crippen LogP contribution in [0, 0.1) is 0 Å². The van der Waals surface area contributed by atoms with Crippen LogP contribution in [0.1, 0.15) is 23.5 Å². The molecule has 1 atom stereocenters. The molecule has 0 bridgehead atoms. The summed E-state index contributed by atoms with van der Waals surface area (Å²) in [5.74, 6) is -1.48. The summed E-state index contributed by atoms with van der Waals surface area (Å²) in [5, 5.41) is 8.97. The van der Waals surface area contributed by atoms with E-state index >= 15 is 0 Å². The van der Waals surface area contributed by atoms with E-state index in [2.05, 4.69) is 0 Å². The molecule has 4 nitrogen and oxygen atoms in total. The number of carboxylic acid groups (broad SMARTS) is 1. The quantitative estimate of drug-likeness (QED) is 0.703. The van der Waals surface area contributed by atoms with E-state index in [1.54, 1.807) is 7.11 Å². The average molecular weight is 237 g/mol. The molecule has 0 aliphatic heterocycles. The van der Waals surface area contributed by atoms with Gasteiger partial charge in [-0.3, -0.25) is 4.79 Å². The van der Waals surface area contributed by atoms with E-state index in [0.717, 1.165) is 25.0 Å². The van der Waals surface area contributed by atoms with E-state index in [0.29, 0.717) is 0 Å². The number of aryl methyl sites for hydroxylation is 1. The van der Waals surface area contributed by atoms with Crippen molar-refractivity contribution in [3.63, 3.8) is 0 Å². The zero-order valence-corrected chi connectivity index (χ0v) is 10.1. The van der Waals surface area contributed by atoms with Crippen molar-refractivity contribution in [2.75, 3.05) is 20.3 Å². The van der Waals surface area contributed by atoms with Crippen molar-refractivity contribution in [3.05, 3.63) is 35.4 Å². The Balaban J connectivity index is 2.63. The van der Waals surface area contributed by atoms with E-state index in [4.69, 9.17) is 15.6 Å². The van der Waals surface area contributed by atoms with Crippen LogP contribution in [0.15, 0.2) is 24.3 Å². The molecular weight excluding hydrogens is 218 g/mol. The Morgan fingerprint density at radius 3 is 2.53 bits per heavy atom. The summed E-state index contributed by atoms with van der Waals surface area (Å²) < 4.78 is 4.98. The fourth-order valence-corrected chi connectivity index (χ4v) is 1.72. The van der Waals surface area contributed by atoms with Crippen molar-refractivity contribution < 1.29 is 14.6 Å². The Hall–Kier alpha value is -1.39. The summed E-state index contributed by atoms with van der Waals surface area (Å²) >= 11 is 0. The number of rotatable bonds is 7. The third-order valence-electron chi connectivity index (χ3n) is 2.73. The molecule has 4 heteroatoms. The van der Waals surface area contributed by atoms with Gasteiger partial charge in [0, 0.05) is 20.3 Å². The third-order valence-corrected chi connectivity index (χ3v) is 2.73. The zero-order valence-electron chi connectivity index (χ0n) is 10.1. The van der Waals surface area contributed by atoms with Gasteiger partial charge in [-0.15, -0.1) is 0 Å². The zero-order chi connectivity index (χ0) is 12.7. The number of carbonyl (C=O) groups is 1. The van der Waals surface area contributed by atoms with E-state index in [1.807, 2.05) is 24.3 Å². The highest BCUT2D eigenvalue weighted by Gasteiger charge is 2.17. The first-order chi connectivity index (χ1) is 8.19. The van der Waals surface area contributed by atoms with Gasteiger partial charge in [-0.25, -0.2) is 0 Å². The minimum Gasteiger partial charge on any atom is -0.481 e. The van der Waals surface area contributed by atoms with Gasteiger partial charge in [0.2, 0.25) is 0 Å². The summed E-state index contributed by atoms with van der Waals surface area (Å²) in [6, 6.07) is 7.59. The molecular formula is C13H19NO3. The van der Waals surface area contributed by atoms with Gasteiger partial charge in [-0.05, 0) is 24.0 Å². The number of ether oxygens (including phenoxy) is 1. The highest BCUT2D eigenvalue weighted by atomic mass is 16.5. The monoisotopic (exact) mass is 237 g/mol. The molecule has 94 valence electrons. The summed E-state index contributed by atoms with van der Waals surface area (Å²) in [5.41, 5.74) is 7.39. The first-order valence-electron chi connectivity index (χ1n) is 5.69. The number of methoxy groups -OCH3 is 1. The van der Waals surface area contributed by atoms with Gasteiger partial charge in [0.25, 0.3) is 0 Å². The van der Waals surface area contributed by atoms with Crippen molar-refractivity contribution in [1.29, 1.82) is 0 Å². The maximum atomic E-state index is 10.9. The van der Waals surface area contributed by atoms with Crippen LogP contribution in [0.5, 0.6) is 0 Å². The van der Waals surface area contributed by atoms with Crippen molar-refractivity contribution in [2.45, 2.75) is 18.8 Å². The molecule has 0 aliphatic rings. The maximum absolute atomic E-state index is 10.9. The Bertz CT molecular complexity index is 348. The molecule has 0 saturated carbocycles. The normalized spacial score (nSPS) is 12.4. The molecule has 0 radical (unpaired) electrons. The van der Waals surface area contributed by atoms with Crippen LogP contribution in [0.25, 0.3) is 0 Å². The lowest BCUT2D eigenvalue weighted by Gasteiger charge is -2.10. The topological polar surface area (TPSA) is 72.5 Å². The van der Waals surface area contributed by atoms with E-state index in [-0.39, 0.29) is 6.54 Å². The van der Waals surface area contributed by atoms with Gasteiger partial charge < -0.3 is 15.6 Å². The van der Waals surface area contributed by atoms with Crippen LogP contribution in [0.2, 0.25) is 0 Å². The van der Waals surface area contributed by atoms with Gasteiger partial charge >= 0.3 is 5.97 Å². The van der Waals surface area contributed by atoms with Gasteiger partial charge in [0.1, 0.15) is 0 Å². The summed E-state index contributed by atoms with van der Waals surface area (Å²) in [7, 11) is 1.68. The van der Waals surface area contributed by atoms with Gasteiger partial charge in [-0.1, -0.05) is 24.3 Å². The minimum absolute atomic E-state index is 0.123. The van der Waals surface area contributed by atoms with Gasteiger partial charge in [-0.2, -0.15) is 0 Å².